The fraction of sp³-hybridized carbons (Fsp3) is 0.417. The van der Waals surface area contributed by atoms with Crippen LogP contribution in [0.3, 0.4) is 0 Å². The van der Waals surface area contributed by atoms with Gasteiger partial charge in [-0.1, -0.05) is 49.7 Å². The molecular formula is C24H31ClN2O3. The Kier molecular flexibility index (Phi) is 9.18. The van der Waals surface area contributed by atoms with E-state index in [9.17, 15) is 9.59 Å². The van der Waals surface area contributed by atoms with E-state index in [1.807, 2.05) is 50.2 Å². The molecule has 0 fully saturated rings. The summed E-state index contributed by atoms with van der Waals surface area (Å²) in [5, 5.41) is 3.57. The van der Waals surface area contributed by atoms with Gasteiger partial charge in [-0.15, -0.1) is 0 Å². The molecule has 0 aliphatic carbocycles. The van der Waals surface area contributed by atoms with Crippen LogP contribution < -0.4 is 10.1 Å². The fourth-order valence-corrected chi connectivity index (χ4v) is 3.01. The summed E-state index contributed by atoms with van der Waals surface area (Å²) in [5.74, 6) is 0.194. The monoisotopic (exact) mass is 430 g/mol. The van der Waals surface area contributed by atoms with E-state index >= 15 is 0 Å². The first kappa shape index (κ1) is 23.7. The van der Waals surface area contributed by atoms with Crippen LogP contribution in [-0.4, -0.2) is 35.4 Å². The summed E-state index contributed by atoms with van der Waals surface area (Å²) >= 11 is 5.97. The molecule has 0 aliphatic rings. The van der Waals surface area contributed by atoms with Gasteiger partial charge in [-0.3, -0.25) is 9.59 Å². The molecule has 5 nitrogen and oxygen atoms in total. The van der Waals surface area contributed by atoms with Crippen molar-refractivity contribution in [3.8, 4) is 5.75 Å². The minimum Gasteiger partial charge on any atom is -0.484 e. The zero-order valence-corrected chi connectivity index (χ0v) is 18.9. The van der Waals surface area contributed by atoms with Crippen LogP contribution in [0.15, 0.2) is 48.5 Å². The zero-order chi connectivity index (χ0) is 22.1. The van der Waals surface area contributed by atoms with E-state index in [1.165, 1.54) is 5.56 Å². The van der Waals surface area contributed by atoms with Crippen molar-refractivity contribution in [1.29, 1.82) is 0 Å². The molecule has 2 amide bonds. The van der Waals surface area contributed by atoms with Crippen LogP contribution in [0.25, 0.3) is 0 Å². The molecular weight excluding hydrogens is 400 g/mol. The second-order valence-corrected chi connectivity index (χ2v) is 7.86. The molecule has 0 unspecified atom stereocenters. The highest BCUT2D eigenvalue weighted by atomic mass is 35.5. The first-order chi connectivity index (χ1) is 14.3. The molecule has 2 rings (SSSR count). The van der Waals surface area contributed by atoms with Crippen LogP contribution in [0.5, 0.6) is 5.75 Å². The van der Waals surface area contributed by atoms with Gasteiger partial charge in [-0.2, -0.15) is 0 Å². The second-order valence-electron chi connectivity index (χ2n) is 7.43. The minimum atomic E-state index is -0.631. The topological polar surface area (TPSA) is 58.6 Å². The van der Waals surface area contributed by atoms with E-state index in [0.717, 1.165) is 18.4 Å². The van der Waals surface area contributed by atoms with Crippen molar-refractivity contribution in [2.24, 2.45) is 0 Å². The quantitative estimate of drug-likeness (QED) is 0.598. The van der Waals surface area contributed by atoms with Crippen molar-refractivity contribution in [3.05, 3.63) is 64.7 Å². The summed E-state index contributed by atoms with van der Waals surface area (Å²) in [6, 6.07) is 14.3. The van der Waals surface area contributed by atoms with Gasteiger partial charge >= 0.3 is 0 Å². The van der Waals surface area contributed by atoms with Crippen LogP contribution in [-0.2, 0) is 22.6 Å². The van der Waals surface area contributed by atoms with Gasteiger partial charge in [0, 0.05) is 17.6 Å². The Morgan fingerprint density at radius 1 is 1.00 bits per heavy atom. The lowest BCUT2D eigenvalue weighted by atomic mass is 10.1. The highest BCUT2D eigenvalue weighted by molar-refractivity contribution is 6.30. The van der Waals surface area contributed by atoms with Gasteiger partial charge in [0.05, 0.1) is 0 Å². The van der Waals surface area contributed by atoms with E-state index < -0.39 is 6.04 Å². The predicted molar refractivity (Wildman–Crippen MR) is 121 cm³/mol. The molecule has 0 saturated heterocycles. The summed E-state index contributed by atoms with van der Waals surface area (Å²) in [6.45, 7) is 7.92. The first-order valence-electron chi connectivity index (χ1n) is 10.4. The molecule has 0 saturated carbocycles. The molecule has 2 aromatic rings. The van der Waals surface area contributed by atoms with E-state index in [4.69, 9.17) is 16.3 Å². The molecule has 162 valence electrons. The predicted octanol–water partition coefficient (Wildman–Crippen LogP) is 4.61. The average molecular weight is 431 g/mol. The smallest absolute Gasteiger partial charge is 0.261 e. The van der Waals surface area contributed by atoms with Gasteiger partial charge in [0.15, 0.2) is 6.61 Å². The number of ether oxygens (including phenoxy) is 1. The Balaban J connectivity index is 2.12. The van der Waals surface area contributed by atoms with Gasteiger partial charge in [0.2, 0.25) is 5.91 Å². The molecule has 2 aromatic carbocycles. The molecule has 30 heavy (non-hydrogen) atoms. The van der Waals surface area contributed by atoms with Gasteiger partial charge in [0.25, 0.3) is 5.91 Å². The number of amides is 2. The number of nitrogens with one attached hydrogen (secondary N) is 1. The molecule has 0 heterocycles. The van der Waals surface area contributed by atoms with Crippen molar-refractivity contribution in [2.45, 2.75) is 59.2 Å². The summed E-state index contributed by atoms with van der Waals surface area (Å²) in [6.07, 6.45) is 1.76. The van der Waals surface area contributed by atoms with E-state index in [0.29, 0.717) is 17.3 Å². The fourth-order valence-electron chi connectivity index (χ4n) is 2.88. The highest BCUT2D eigenvalue weighted by Gasteiger charge is 2.27. The lowest BCUT2D eigenvalue weighted by Crippen LogP contribution is -2.50. The summed E-state index contributed by atoms with van der Waals surface area (Å²) in [4.78, 5) is 27.2. The number of hydrogen-bond donors (Lipinski definition) is 1. The number of aryl methyl sites for hydroxylation is 1. The van der Waals surface area contributed by atoms with Crippen molar-refractivity contribution in [2.75, 3.05) is 6.61 Å². The summed E-state index contributed by atoms with van der Waals surface area (Å²) < 4.78 is 5.69. The molecule has 0 aromatic heterocycles. The first-order valence-corrected chi connectivity index (χ1v) is 10.8. The summed E-state index contributed by atoms with van der Waals surface area (Å²) in [5.41, 5.74) is 2.09. The van der Waals surface area contributed by atoms with Crippen LogP contribution in [0, 0.1) is 0 Å². The summed E-state index contributed by atoms with van der Waals surface area (Å²) in [7, 11) is 0. The Morgan fingerprint density at radius 2 is 1.60 bits per heavy atom. The standard InChI is InChI=1S/C24H31ClN2O3/c1-5-17(3)26-24(29)18(4)27(15-20-7-11-21(25)12-8-20)23(28)16-30-22-13-9-19(6-2)10-14-22/h7-14,17-18H,5-6,15-16H2,1-4H3,(H,26,29)/t17-,18+/m1/s1. The van der Waals surface area contributed by atoms with Crippen LogP contribution in [0.1, 0.15) is 45.2 Å². The maximum atomic E-state index is 13.0. The number of carbonyl (C=O) groups excluding carboxylic acids is 2. The maximum absolute atomic E-state index is 13.0. The third-order valence-corrected chi connectivity index (χ3v) is 5.38. The normalized spacial score (nSPS) is 12.7. The highest BCUT2D eigenvalue weighted by Crippen LogP contribution is 2.16. The van der Waals surface area contributed by atoms with Crippen molar-refractivity contribution < 1.29 is 14.3 Å². The van der Waals surface area contributed by atoms with Crippen molar-refractivity contribution >= 4 is 23.4 Å². The number of carbonyl (C=O) groups is 2. The van der Waals surface area contributed by atoms with Gasteiger partial charge < -0.3 is 15.0 Å². The van der Waals surface area contributed by atoms with Gasteiger partial charge in [-0.05, 0) is 62.1 Å². The molecule has 2 atom stereocenters. The molecule has 0 spiro atoms. The Morgan fingerprint density at radius 3 is 2.17 bits per heavy atom. The lowest BCUT2D eigenvalue weighted by Gasteiger charge is -2.29. The third kappa shape index (κ3) is 7.06. The largest absolute Gasteiger partial charge is 0.484 e. The van der Waals surface area contributed by atoms with Crippen LogP contribution in [0.2, 0.25) is 5.02 Å². The second kappa shape index (κ2) is 11.6. The van der Waals surface area contributed by atoms with Crippen LogP contribution >= 0.6 is 11.6 Å². The van der Waals surface area contributed by atoms with Gasteiger partial charge in [0.1, 0.15) is 11.8 Å². The van der Waals surface area contributed by atoms with Crippen LogP contribution in [0.4, 0.5) is 0 Å². The van der Waals surface area contributed by atoms with E-state index in [-0.39, 0.29) is 24.5 Å². The average Bonchev–Trinajstić information content (AvgIpc) is 2.76. The Bertz CT molecular complexity index is 821. The third-order valence-electron chi connectivity index (χ3n) is 5.13. The SMILES string of the molecule is CCc1ccc(OCC(=O)N(Cc2ccc(Cl)cc2)[C@@H](C)C(=O)N[C@H](C)CC)cc1. The number of rotatable bonds is 10. The Labute approximate surface area is 184 Å². The van der Waals surface area contributed by atoms with Gasteiger partial charge in [-0.25, -0.2) is 0 Å². The number of hydrogen-bond acceptors (Lipinski definition) is 3. The van der Waals surface area contributed by atoms with Crippen molar-refractivity contribution in [3.63, 3.8) is 0 Å². The maximum Gasteiger partial charge on any atom is 0.261 e. The minimum absolute atomic E-state index is 0.0424. The molecule has 0 bridgehead atoms. The number of nitrogens with zero attached hydrogens (tertiary/aromatic N) is 1. The van der Waals surface area contributed by atoms with Crippen molar-refractivity contribution in [1.82, 2.24) is 10.2 Å². The zero-order valence-electron chi connectivity index (χ0n) is 18.2. The molecule has 0 radical (unpaired) electrons. The molecule has 1 N–H and O–H groups in total. The van der Waals surface area contributed by atoms with E-state index in [1.54, 1.807) is 24.0 Å². The van der Waals surface area contributed by atoms with E-state index in [2.05, 4.69) is 12.2 Å². The number of benzene rings is 2. The molecule has 0 aliphatic heterocycles. The number of halogens is 1. The lowest BCUT2D eigenvalue weighted by molar-refractivity contribution is -0.142. The molecule has 6 heteroatoms. The Hall–Kier alpha value is -2.53.